The fourth-order valence-electron chi connectivity index (χ4n) is 1.18. The number of aliphatic hydroxyl groups excluding tert-OH is 2. The van der Waals surface area contributed by atoms with Crippen LogP contribution in [-0.4, -0.2) is 34.4 Å². The lowest BCUT2D eigenvalue weighted by atomic mass is 10.0. The zero-order valence-electron chi connectivity index (χ0n) is 8.49. The number of esters is 1. The maximum atomic E-state index is 11.3. The topological polar surface area (TPSA) is 103 Å². The van der Waals surface area contributed by atoms with E-state index >= 15 is 0 Å². The van der Waals surface area contributed by atoms with Gasteiger partial charge in [-0.25, -0.2) is 4.79 Å². The van der Waals surface area contributed by atoms with Gasteiger partial charge in [0.05, 0.1) is 18.7 Å². The molecule has 1 heterocycles. The van der Waals surface area contributed by atoms with E-state index in [1.807, 2.05) is 0 Å². The Bertz CT molecular complexity index is 427. The van der Waals surface area contributed by atoms with Crippen molar-refractivity contribution >= 4 is 5.97 Å². The number of ether oxygens (including phenoxy) is 1. The Morgan fingerprint density at radius 2 is 2.31 bits per heavy atom. The van der Waals surface area contributed by atoms with Gasteiger partial charge in [-0.3, -0.25) is 4.98 Å². The van der Waals surface area contributed by atoms with Crippen LogP contribution in [0.2, 0.25) is 0 Å². The van der Waals surface area contributed by atoms with Crippen molar-refractivity contribution in [1.82, 2.24) is 4.98 Å². The first-order valence-electron chi connectivity index (χ1n) is 4.39. The van der Waals surface area contributed by atoms with E-state index in [0.29, 0.717) is 0 Å². The van der Waals surface area contributed by atoms with Gasteiger partial charge in [0.1, 0.15) is 6.10 Å². The summed E-state index contributed by atoms with van der Waals surface area (Å²) in [5, 5.41) is 27.2. The van der Waals surface area contributed by atoms with Crippen LogP contribution < -0.4 is 0 Å². The molecule has 84 valence electrons. The molecule has 0 amide bonds. The van der Waals surface area contributed by atoms with Crippen LogP contribution in [-0.2, 0) is 4.74 Å². The summed E-state index contributed by atoms with van der Waals surface area (Å²) < 4.78 is 4.50. The molecule has 0 radical (unpaired) electrons. The molecule has 6 nitrogen and oxygen atoms in total. The normalized spacial score (nSPS) is 13.6. The number of carbonyl (C=O) groups is 1. The van der Waals surface area contributed by atoms with Crippen molar-refractivity contribution in [3.05, 3.63) is 29.6 Å². The first kappa shape index (κ1) is 12.1. The molecule has 1 aromatic rings. The van der Waals surface area contributed by atoms with Crippen LogP contribution in [0.25, 0.3) is 0 Å². The van der Waals surface area contributed by atoms with Gasteiger partial charge in [-0.05, 0) is 6.07 Å². The highest BCUT2D eigenvalue weighted by molar-refractivity contribution is 5.90. The van der Waals surface area contributed by atoms with E-state index in [-0.39, 0.29) is 11.1 Å². The second kappa shape index (κ2) is 5.21. The molecule has 0 spiro atoms. The molecule has 6 heteroatoms. The summed E-state index contributed by atoms with van der Waals surface area (Å²) in [6, 6.07) is 2.81. The molecule has 2 N–H and O–H groups in total. The van der Waals surface area contributed by atoms with Crippen molar-refractivity contribution in [1.29, 1.82) is 5.26 Å². The van der Waals surface area contributed by atoms with Gasteiger partial charge in [0.25, 0.3) is 0 Å². The van der Waals surface area contributed by atoms with Crippen molar-refractivity contribution in [3.8, 4) is 6.07 Å². The summed E-state index contributed by atoms with van der Waals surface area (Å²) >= 11 is 0. The second-order valence-corrected chi connectivity index (χ2v) is 2.97. The van der Waals surface area contributed by atoms with Crippen molar-refractivity contribution < 1.29 is 19.7 Å². The Kier molecular flexibility index (Phi) is 3.94. The minimum Gasteiger partial charge on any atom is -0.465 e. The van der Waals surface area contributed by atoms with Gasteiger partial charge in [0.2, 0.25) is 0 Å². The van der Waals surface area contributed by atoms with E-state index in [1.165, 1.54) is 31.6 Å². The van der Waals surface area contributed by atoms with Crippen LogP contribution in [0.1, 0.15) is 22.0 Å². The van der Waals surface area contributed by atoms with Crippen LogP contribution in [0.15, 0.2) is 18.5 Å². The van der Waals surface area contributed by atoms with Gasteiger partial charge in [0.15, 0.2) is 6.10 Å². The lowest BCUT2D eigenvalue weighted by Crippen LogP contribution is -2.19. The average molecular weight is 222 g/mol. The lowest BCUT2D eigenvalue weighted by Gasteiger charge is -2.14. The molecule has 0 aliphatic heterocycles. The quantitative estimate of drug-likeness (QED) is 0.541. The van der Waals surface area contributed by atoms with Crippen LogP contribution >= 0.6 is 0 Å². The van der Waals surface area contributed by atoms with E-state index < -0.39 is 18.2 Å². The number of hydrogen-bond donors (Lipinski definition) is 2. The van der Waals surface area contributed by atoms with Gasteiger partial charge in [-0.1, -0.05) is 0 Å². The summed E-state index contributed by atoms with van der Waals surface area (Å²) in [6.07, 6.45) is -0.556. The molecule has 0 aliphatic rings. The smallest absolute Gasteiger partial charge is 0.338 e. The molecule has 1 rings (SSSR count). The molecular formula is C10H10N2O4. The molecule has 1 aromatic heterocycles. The summed E-state index contributed by atoms with van der Waals surface area (Å²) in [5.74, 6) is -0.665. The number of nitriles is 1. The highest BCUT2D eigenvalue weighted by Crippen LogP contribution is 2.20. The van der Waals surface area contributed by atoms with Crippen LogP contribution in [0, 0.1) is 11.3 Å². The van der Waals surface area contributed by atoms with Crippen LogP contribution in [0.5, 0.6) is 0 Å². The molecule has 0 aromatic carbocycles. The minimum atomic E-state index is -1.62. The van der Waals surface area contributed by atoms with Crippen molar-refractivity contribution in [2.45, 2.75) is 12.2 Å². The highest BCUT2D eigenvalue weighted by atomic mass is 16.5. The SMILES string of the molecule is COC(=O)c1ccncc1C(O)C(O)C#N. The van der Waals surface area contributed by atoms with E-state index in [2.05, 4.69) is 9.72 Å². The fraction of sp³-hybridized carbons (Fsp3) is 0.300. The predicted molar refractivity (Wildman–Crippen MR) is 52.2 cm³/mol. The third-order valence-electron chi connectivity index (χ3n) is 2.01. The lowest BCUT2D eigenvalue weighted by molar-refractivity contribution is 0.0476. The zero-order valence-corrected chi connectivity index (χ0v) is 8.49. The first-order chi connectivity index (χ1) is 7.61. The molecule has 0 bridgehead atoms. The molecule has 16 heavy (non-hydrogen) atoms. The summed E-state index contributed by atoms with van der Waals surface area (Å²) in [4.78, 5) is 15.0. The van der Waals surface area contributed by atoms with Crippen LogP contribution in [0.3, 0.4) is 0 Å². The zero-order chi connectivity index (χ0) is 12.1. The monoisotopic (exact) mass is 222 g/mol. The van der Waals surface area contributed by atoms with Crippen LogP contribution in [0.4, 0.5) is 0 Å². The number of aromatic nitrogens is 1. The third kappa shape index (κ3) is 2.34. The van der Waals surface area contributed by atoms with E-state index in [9.17, 15) is 9.90 Å². The van der Waals surface area contributed by atoms with Gasteiger partial charge in [-0.15, -0.1) is 0 Å². The largest absolute Gasteiger partial charge is 0.465 e. The van der Waals surface area contributed by atoms with Crippen molar-refractivity contribution in [2.75, 3.05) is 7.11 Å². The number of aliphatic hydroxyl groups is 2. The summed E-state index contributed by atoms with van der Waals surface area (Å²) in [5.41, 5.74) is 0.128. The molecule has 0 saturated carbocycles. The molecule has 0 saturated heterocycles. The number of hydrogen-bond acceptors (Lipinski definition) is 6. The maximum absolute atomic E-state index is 11.3. The fourth-order valence-corrected chi connectivity index (χ4v) is 1.18. The van der Waals surface area contributed by atoms with Gasteiger partial charge in [0, 0.05) is 18.0 Å². The Morgan fingerprint density at radius 3 is 2.88 bits per heavy atom. The minimum absolute atomic E-state index is 0.0587. The molecule has 2 unspecified atom stereocenters. The van der Waals surface area contributed by atoms with Gasteiger partial charge >= 0.3 is 5.97 Å². The number of methoxy groups -OCH3 is 1. The molecule has 0 fully saturated rings. The number of rotatable bonds is 3. The molecule has 2 atom stereocenters. The number of pyridine rings is 1. The standard InChI is InChI=1S/C10H10N2O4/c1-16-10(15)6-2-3-12-5-7(6)9(14)8(13)4-11/h2-3,5,8-9,13-14H,1H3. The Morgan fingerprint density at radius 1 is 1.62 bits per heavy atom. The first-order valence-corrected chi connectivity index (χ1v) is 4.39. The predicted octanol–water partition coefficient (Wildman–Crippen LogP) is -0.214. The summed E-state index contributed by atoms with van der Waals surface area (Å²) in [7, 11) is 1.19. The van der Waals surface area contributed by atoms with E-state index in [0.717, 1.165) is 0 Å². The van der Waals surface area contributed by atoms with Gasteiger partial charge < -0.3 is 14.9 Å². The maximum Gasteiger partial charge on any atom is 0.338 e. The van der Waals surface area contributed by atoms with Crippen molar-refractivity contribution in [2.24, 2.45) is 0 Å². The number of carbonyl (C=O) groups excluding carboxylic acids is 1. The average Bonchev–Trinajstić information content (AvgIpc) is 2.35. The second-order valence-electron chi connectivity index (χ2n) is 2.97. The Labute approximate surface area is 91.7 Å². The molecular weight excluding hydrogens is 212 g/mol. The van der Waals surface area contributed by atoms with Crippen molar-refractivity contribution in [3.63, 3.8) is 0 Å². The highest BCUT2D eigenvalue weighted by Gasteiger charge is 2.23. The third-order valence-corrected chi connectivity index (χ3v) is 2.01. The van der Waals surface area contributed by atoms with E-state index in [1.54, 1.807) is 0 Å². The van der Waals surface area contributed by atoms with Gasteiger partial charge in [-0.2, -0.15) is 5.26 Å². The Hall–Kier alpha value is -1.97. The Balaban J connectivity index is 3.14. The number of nitrogens with zero attached hydrogens (tertiary/aromatic N) is 2. The molecule has 0 aliphatic carbocycles. The van der Waals surface area contributed by atoms with E-state index in [4.69, 9.17) is 10.4 Å². The summed E-state index contributed by atoms with van der Waals surface area (Å²) in [6.45, 7) is 0.